The summed E-state index contributed by atoms with van der Waals surface area (Å²) in [5, 5.41) is 0. The van der Waals surface area contributed by atoms with Gasteiger partial charge >= 0.3 is 0 Å². The van der Waals surface area contributed by atoms with Gasteiger partial charge < -0.3 is 15.2 Å². The fourth-order valence-electron chi connectivity index (χ4n) is 1.55. The fraction of sp³-hybridized carbons (Fsp3) is 0.429. The molecule has 0 aromatic heterocycles. The van der Waals surface area contributed by atoms with Crippen molar-refractivity contribution >= 4 is 15.7 Å². The Kier molecular flexibility index (Phi) is 7.02. The van der Waals surface area contributed by atoms with Crippen LogP contribution in [-0.4, -0.2) is 41.0 Å². The Labute approximate surface area is 125 Å². The molecule has 1 rings (SSSR count). The van der Waals surface area contributed by atoms with E-state index in [1.54, 1.807) is 18.2 Å². The average Bonchev–Trinajstić information content (AvgIpc) is 2.45. The molecule has 0 aliphatic rings. The lowest BCUT2D eigenvalue weighted by molar-refractivity contribution is 0.163. The van der Waals surface area contributed by atoms with Crippen LogP contribution in [0, 0.1) is 11.8 Å². The van der Waals surface area contributed by atoms with E-state index < -0.39 is 10.0 Å². The molecule has 0 fully saturated rings. The number of methoxy groups -OCH3 is 1. The van der Waals surface area contributed by atoms with Crippen LogP contribution in [0.5, 0.6) is 5.75 Å². The number of sulfonamides is 1. The fourth-order valence-corrected chi connectivity index (χ4v) is 2.48. The van der Waals surface area contributed by atoms with Crippen molar-refractivity contribution in [3.8, 4) is 17.6 Å². The topological polar surface area (TPSA) is 90.7 Å². The van der Waals surface area contributed by atoms with Crippen LogP contribution in [-0.2, 0) is 14.8 Å². The molecule has 0 bridgehead atoms. The summed E-state index contributed by atoms with van der Waals surface area (Å²) in [6.07, 6.45) is 0. The molecule has 0 amide bonds. The molecule has 0 atom stereocenters. The zero-order chi connectivity index (χ0) is 15.7. The Balaban J connectivity index is 2.94. The van der Waals surface area contributed by atoms with Gasteiger partial charge in [0, 0.05) is 12.2 Å². The van der Waals surface area contributed by atoms with Crippen molar-refractivity contribution in [3.05, 3.63) is 23.8 Å². The molecule has 0 spiro atoms. The first-order chi connectivity index (χ1) is 10.0. The van der Waals surface area contributed by atoms with Crippen molar-refractivity contribution < 1.29 is 17.9 Å². The highest BCUT2D eigenvalue weighted by atomic mass is 32.2. The number of rotatable bonds is 7. The van der Waals surface area contributed by atoms with Gasteiger partial charge in [-0.3, -0.25) is 4.72 Å². The number of hydrogen-bond donors (Lipinski definition) is 2. The molecule has 116 valence electrons. The maximum Gasteiger partial charge on any atom is 0.235 e. The van der Waals surface area contributed by atoms with Gasteiger partial charge in [-0.1, -0.05) is 11.8 Å². The molecule has 0 saturated carbocycles. The van der Waals surface area contributed by atoms with Gasteiger partial charge in [-0.2, -0.15) is 0 Å². The first kappa shape index (κ1) is 17.3. The summed E-state index contributed by atoms with van der Waals surface area (Å²) in [5.74, 6) is 5.86. The van der Waals surface area contributed by atoms with Crippen molar-refractivity contribution in [2.24, 2.45) is 5.73 Å². The van der Waals surface area contributed by atoms with Crippen molar-refractivity contribution in [1.29, 1.82) is 0 Å². The molecule has 1 aromatic rings. The molecule has 21 heavy (non-hydrogen) atoms. The van der Waals surface area contributed by atoms with E-state index in [1.807, 2.05) is 6.92 Å². The molecule has 1 aromatic carbocycles. The van der Waals surface area contributed by atoms with Crippen LogP contribution < -0.4 is 15.2 Å². The van der Waals surface area contributed by atoms with Crippen LogP contribution in [0.2, 0.25) is 0 Å². The van der Waals surface area contributed by atoms with Gasteiger partial charge in [-0.25, -0.2) is 8.42 Å². The number of hydrogen-bond acceptors (Lipinski definition) is 5. The van der Waals surface area contributed by atoms with Crippen LogP contribution in [0.25, 0.3) is 0 Å². The van der Waals surface area contributed by atoms with E-state index in [2.05, 4.69) is 16.6 Å². The quantitative estimate of drug-likeness (QED) is 0.573. The van der Waals surface area contributed by atoms with Gasteiger partial charge in [0.25, 0.3) is 0 Å². The molecule has 0 unspecified atom stereocenters. The Hall–Kier alpha value is -1.75. The van der Waals surface area contributed by atoms with E-state index in [9.17, 15) is 8.42 Å². The van der Waals surface area contributed by atoms with E-state index in [4.69, 9.17) is 15.2 Å². The summed E-state index contributed by atoms with van der Waals surface area (Å²) in [6.45, 7) is 2.66. The summed E-state index contributed by atoms with van der Waals surface area (Å²) in [7, 11) is -2.03. The largest absolute Gasteiger partial charge is 0.495 e. The minimum Gasteiger partial charge on any atom is -0.495 e. The zero-order valence-electron chi connectivity index (χ0n) is 12.2. The van der Waals surface area contributed by atoms with Crippen LogP contribution in [0.4, 0.5) is 5.69 Å². The maximum absolute atomic E-state index is 12.0. The van der Waals surface area contributed by atoms with Crippen LogP contribution >= 0.6 is 0 Å². The Bertz CT molecular complexity index is 618. The standard InChI is InChI=1S/C14H20N2O4S/c1-3-20-9-10-21(17,18)16-13-11-12(5-4-8-15)6-7-14(13)19-2/h6-7,11,16H,3,8-10,15H2,1-2H3. The smallest absolute Gasteiger partial charge is 0.235 e. The van der Waals surface area contributed by atoms with Gasteiger partial charge in [0.2, 0.25) is 10.0 Å². The van der Waals surface area contributed by atoms with E-state index in [1.165, 1.54) is 7.11 Å². The average molecular weight is 312 g/mol. The molecule has 3 N–H and O–H groups in total. The maximum atomic E-state index is 12.0. The van der Waals surface area contributed by atoms with E-state index in [-0.39, 0.29) is 18.9 Å². The van der Waals surface area contributed by atoms with Gasteiger partial charge in [0.1, 0.15) is 5.75 Å². The second-order valence-electron chi connectivity index (χ2n) is 4.04. The normalized spacial score (nSPS) is 10.6. The van der Waals surface area contributed by atoms with Crippen molar-refractivity contribution in [3.63, 3.8) is 0 Å². The highest BCUT2D eigenvalue weighted by Gasteiger charge is 2.13. The van der Waals surface area contributed by atoms with Crippen molar-refractivity contribution in [1.82, 2.24) is 0 Å². The molecule has 0 radical (unpaired) electrons. The van der Waals surface area contributed by atoms with Gasteiger partial charge in [0.05, 0.1) is 31.7 Å². The van der Waals surface area contributed by atoms with Crippen molar-refractivity contribution in [2.75, 3.05) is 37.3 Å². The highest BCUT2D eigenvalue weighted by molar-refractivity contribution is 7.92. The molecule has 0 heterocycles. The predicted molar refractivity (Wildman–Crippen MR) is 82.8 cm³/mol. The zero-order valence-corrected chi connectivity index (χ0v) is 13.0. The SMILES string of the molecule is CCOCCS(=O)(=O)Nc1cc(C#CCN)ccc1OC. The monoisotopic (exact) mass is 312 g/mol. The Morgan fingerprint density at radius 3 is 2.76 bits per heavy atom. The summed E-state index contributed by atoms with van der Waals surface area (Å²) in [4.78, 5) is 0. The molecule has 0 aliphatic heterocycles. The minimum absolute atomic E-state index is 0.122. The number of nitrogens with one attached hydrogen (secondary N) is 1. The number of ether oxygens (including phenoxy) is 2. The second kappa shape index (κ2) is 8.52. The van der Waals surface area contributed by atoms with Gasteiger partial charge in [-0.05, 0) is 25.1 Å². The number of anilines is 1. The molecule has 0 saturated heterocycles. The number of benzene rings is 1. The molecule has 6 nitrogen and oxygen atoms in total. The Morgan fingerprint density at radius 2 is 2.14 bits per heavy atom. The van der Waals surface area contributed by atoms with Crippen molar-refractivity contribution in [2.45, 2.75) is 6.92 Å². The van der Waals surface area contributed by atoms with E-state index in [0.29, 0.717) is 23.6 Å². The first-order valence-electron chi connectivity index (χ1n) is 6.47. The highest BCUT2D eigenvalue weighted by Crippen LogP contribution is 2.26. The Morgan fingerprint density at radius 1 is 1.38 bits per heavy atom. The van der Waals surface area contributed by atoms with E-state index in [0.717, 1.165) is 0 Å². The molecule has 7 heteroatoms. The minimum atomic E-state index is -3.50. The predicted octanol–water partition coefficient (Wildman–Crippen LogP) is 0.784. The first-order valence-corrected chi connectivity index (χ1v) is 8.13. The third-order valence-electron chi connectivity index (χ3n) is 2.50. The summed E-state index contributed by atoms with van der Waals surface area (Å²) in [6, 6.07) is 5.00. The lowest BCUT2D eigenvalue weighted by atomic mass is 10.2. The van der Waals surface area contributed by atoms with Crippen LogP contribution in [0.1, 0.15) is 12.5 Å². The molecule has 0 aliphatic carbocycles. The molecular weight excluding hydrogens is 292 g/mol. The van der Waals surface area contributed by atoms with E-state index >= 15 is 0 Å². The van der Waals surface area contributed by atoms with Crippen LogP contribution in [0.15, 0.2) is 18.2 Å². The summed E-state index contributed by atoms with van der Waals surface area (Å²) in [5.41, 5.74) is 6.32. The summed E-state index contributed by atoms with van der Waals surface area (Å²) >= 11 is 0. The van der Waals surface area contributed by atoms with Gasteiger partial charge in [0.15, 0.2) is 0 Å². The lowest BCUT2D eigenvalue weighted by Gasteiger charge is -2.12. The third-order valence-corrected chi connectivity index (χ3v) is 3.74. The lowest BCUT2D eigenvalue weighted by Crippen LogP contribution is -2.20. The second-order valence-corrected chi connectivity index (χ2v) is 5.88. The summed E-state index contributed by atoms with van der Waals surface area (Å²) < 4.78 is 36.6. The number of nitrogens with two attached hydrogens (primary N) is 1. The molecular formula is C14H20N2O4S. The third kappa shape index (κ3) is 6.04. The van der Waals surface area contributed by atoms with Gasteiger partial charge in [-0.15, -0.1) is 0 Å². The van der Waals surface area contributed by atoms with Crippen LogP contribution in [0.3, 0.4) is 0 Å².